The van der Waals surface area contributed by atoms with Crippen molar-refractivity contribution in [3.05, 3.63) is 47.3 Å². The lowest BCUT2D eigenvalue weighted by atomic mass is 10.2. The van der Waals surface area contributed by atoms with Crippen LogP contribution in [0.1, 0.15) is 28.6 Å². The van der Waals surface area contributed by atoms with Gasteiger partial charge >= 0.3 is 0 Å². The summed E-state index contributed by atoms with van der Waals surface area (Å²) in [6.45, 7) is 5.47. The minimum Gasteiger partial charge on any atom is -0.361 e. The van der Waals surface area contributed by atoms with E-state index in [9.17, 15) is 4.79 Å². The predicted octanol–water partition coefficient (Wildman–Crippen LogP) is 2.34. The molecule has 0 aliphatic carbocycles. The van der Waals surface area contributed by atoms with Crippen LogP contribution in [0.25, 0.3) is 0 Å². The van der Waals surface area contributed by atoms with E-state index in [2.05, 4.69) is 22.7 Å². The fourth-order valence-electron chi connectivity index (χ4n) is 1.74. The highest BCUT2D eigenvalue weighted by Gasteiger charge is 2.12. The van der Waals surface area contributed by atoms with Crippen molar-refractivity contribution in [2.75, 3.05) is 11.9 Å². The first kappa shape index (κ1) is 13.3. The molecule has 0 saturated heterocycles. The van der Waals surface area contributed by atoms with Crippen molar-refractivity contribution < 1.29 is 9.32 Å². The molecule has 0 aliphatic rings. The second-order valence-electron chi connectivity index (χ2n) is 4.23. The second-order valence-corrected chi connectivity index (χ2v) is 4.23. The van der Waals surface area contributed by atoms with Gasteiger partial charge in [0.05, 0.1) is 6.20 Å². The van der Waals surface area contributed by atoms with Crippen LogP contribution in [-0.2, 0) is 6.54 Å². The molecule has 5 nitrogen and oxygen atoms in total. The number of nitrogens with one attached hydrogen (secondary N) is 2. The van der Waals surface area contributed by atoms with Gasteiger partial charge in [0.1, 0.15) is 11.3 Å². The molecule has 0 atom stereocenters. The highest BCUT2D eigenvalue weighted by molar-refractivity contribution is 6.04. The fourth-order valence-corrected chi connectivity index (χ4v) is 1.74. The van der Waals surface area contributed by atoms with Crippen molar-refractivity contribution in [3.8, 4) is 0 Å². The van der Waals surface area contributed by atoms with Crippen molar-refractivity contribution in [1.29, 1.82) is 0 Å². The van der Waals surface area contributed by atoms with Crippen molar-refractivity contribution >= 4 is 11.6 Å². The lowest BCUT2D eigenvalue weighted by Crippen LogP contribution is -2.14. The zero-order valence-corrected chi connectivity index (χ0v) is 11.1. The molecule has 19 heavy (non-hydrogen) atoms. The Bertz CT molecular complexity index is 563. The van der Waals surface area contributed by atoms with Crippen LogP contribution < -0.4 is 10.6 Å². The average Bonchev–Trinajstić information content (AvgIpc) is 2.83. The molecule has 5 heteroatoms. The summed E-state index contributed by atoms with van der Waals surface area (Å²) in [7, 11) is 0. The number of amides is 1. The Kier molecular flexibility index (Phi) is 4.30. The van der Waals surface area contributed by atoms with Crippen LogP contribution in [0.4, 0.5) is 5.69 Å². The number of aromatic nitrogens is 1. The van der Waals surface area contributed by atoms with Gasteiger partial charge in [0.2, 0.25) is 0 Å². The minimum absolute atomic E-state index is 0.209. The van der Waals surface area contributed by atoms with Gasteiger partial charge in [-0.05, 0) is 31.2 Å². The lowest BCUT2D eigenvalue weighted by molar-refractivity contribution is 0.102. The van der Waals surface area contributed by atoms with E-state index in [0.29, 0.717) is 11.3 Å². The highest BCUT2D eigenvalue weighted by atomic mass is 16.5. The first-order valence-electron chi connectivity index (χ1n) is 6.23. The molecular formula is C14H17N3O2. The molecule has 100 valence electrons. The van der Waals surface area contributed by atoms with E-state index >= 15 is 0 Å². The molecule has 0 aliphatic heterocycles. The Labute approximate surface area is 112 Å². The number of aryl methyl sites for hydroxylation is 1. The van der Waals surface area contributed by atoms with E-state index in [1.54, 1.807) is 6.92 Å². The number of benzene rings is 1. The van der Waals surface area contributed by atoms with Crippen molar-refractivity contribution in [2.24, 2.45) is 0 Å². The third-order valence-corrected chi connectivity index (χ3v) is 2.76. The van der Waals surface area contributed by atoms with Gasteiger partial charge in [0, 0.05) is 12.2 Å². The number of hydrogen-bond acceptors (Lipinski definition) is 4. The molecular weight excluding hydrogens is 242 g/mol. The van der Waals surface area contributed by atoms with Crippen LogP contribution in [0, 0.1) is 6.92 Å². The summed E-state index contributed by atoms with van der Waals surface area (Å²) in [6.07, 6.45) is 1.42. The lowest BCUT2D eigenvalue weighted by Gasteiger charge is -2.07. The van der Waals surface area contributed by atoms with E-state index in [1.807, 2.05) is 24.3 Å². The molecule has 0 spiro atoms. The normalized spacial score (nSPS) is 10.4. The van der Waals surface area contributed by atoms with E-state index < -0.39 is 0 Å². The maximum absolute atomic E-state index is 12.0. The topological polar surface area (TPSA) is 67.2 Å². The molecule has 0 radical (unpaired) electrons. The molecule has 0 saturated carbocycles. The molecule has 2 rings (SSSR count). The van der Waals surface area contributed by atoms with E-state index in [0.717, 1.165) is 24.3 Å². The van der Waals surface area contributed by atoms with Crippen LogP contribution in [0.3, 0.4) is 0 Å². The van der Waals surface area contributed by atoms with Crippen molar-refractivity contribution in [1.82, 2.24) is 10.5 Å². The summed E-state index contributed by atoms with van der Waals surface area (Å²) in [4.78, 5) is 12.0. The Morgan fingerprint density at radius 2 is 2.26 bits per heavy atom. The van der Waals surface area contributed by atoms with Crippen molar-refractivity contribution in [2.45, 2.75) is 20.4 Å². The van der Waals surface area contributed by atoms with Gasteiger partial charge < -0.3 is 15.2 Å². The summed E-state index contributed by atoms with van der Waals surface area (Å²) in [5.74, 6) is 0.306. The molecule has 2 N–H and O–H groups in total. The summed E-state index contributed by atoms with van der Waals surface area (Å²) in [5.41, 5.74) is 2.35. The van der Waals surface area contributed by atoms with E-state index in [4.69, 9.17) is 4.52 Å². The van der Waals surface area contributed by atoms with Crippen LogP contribution in [0.2, 0.25) is 0 Å². The highest BCUT2D eigenvalue weighted by Crippen LogP contribution is 2.13. The van der Waals surface area contributed by atoms with E-state index in [1.165, 1.54) is 6.20 Å². The molecule has 1 aromatic heterocycles. The SMILES string of the molecule is CCNCc1cccc(NC(=O)c2cnoc2C)c1. The molecule has 2 aromatic rings. The summed E-state index contributed by atoms with van der Waals surface area (Å²) in [6, 6.07) is 7.74. The Hall–Kier alpha value is -2.14. The van der Waals surface area contributed by atoms with E-state index in [-0.39, 0.29) is 5.91 Å². The molecule has 0 fully saturated rings. The predicted molar refractivity (Wildman–Crippen MR) is 73.0 cm³/mol. The third kappa shape index (κ3) is 3.42. The maximum Gasteiger partial charge on any atom is 0.260 e. The van der Waals surface area contributed by atoms with Gasteiger partial charge in [-0.3, -0.25) is 4.79 Å². The van der Waals surface area contributed by atoms with Gasteiger partial charge in [0.25, 0.3) is 5.91 Å². The van der Waals surface area contributed by atoms with Gasteiger partial charge in [-0.1, -0.05) is 24.2 Å². The summed E-state index contributed by atoms with van der Waals surface area (Å²) >= 11 is 0. The van der Waals surface area contributed by atoms with Crippen molar-refractivity contribution in [3.63, 3.8) is 0 Å². The number of carbonyl (C=O) groups excluding carboxylic acids is 1. The van der Waals surface area contributed by atoms with Crippen LogP contribution in [0.15, 0.2) is 35.0 Å². The van der Waals surface area contributed by atoms with Gasteiger partial charge in [0.15, 0.2) is 0 Å². The van der Waals surface area contributed by atoms with Crippen LogP contribution in [0.5, 0.6) is 0 Å². The smallest absolute Gasteiger partial charge is 0.260 e. The zero-order valence-electron chi connectivity index (χ0n) is 11.1. The summed E-state index contributed by atoms with van der Waals surface area (Å²) in [5, 5.41) is 9.68. The number of rotatable bonds is 5. The second kappa shape index (κ2) is 6.15. The van der Waals surface area contributed by atoms with Crippen LogP contribution >= 0.6 is 0 Å². The zero-order chi connectivity index (χ0) is 13.7. The fraction of sp³-hybridized carbons (Fsp3) is 0.286. The molecule has 1 heterocycles. The first-order valence-corrected chi connectivity index (χ1v) is 6.23. The van der Waals surface area contributed by atoms with Gasteiger partial charge in [-0.15, -0.1) is 0 Å². The maximum atomic E-state index is 12.0. The number of anilines is 1. The van der Waals surface area contributed by atoms with Gasteiger partial charge in [-0.25, -0.2) is 0 Å². The third-order valence-electron chi connectivity index (χ3n) is 2.76. The Morgan fingerprint density at radius 1 is 1.42 bits per heavy atom. The molecule has 0 unspecified atom stereocenters. The minimum atomic E-state index is -0.209. The quantitative estimate of drug-likeness (QED) is 0.865. The molecule has 1 aromatic carbocycles. The molecule has 0 bridgehead atoms. The standard InChI is InChI=1S/C14H17N3O2/c1-3-15-8-11-5-4-6-12(7-11)17-14(18)13-9-16-19-10(13)2/h4-7,9,15H,3,8H2,1-2H3,(H,17,18). The number of carbonyl (C=O) groups is 1. The number of hydrogen-bond donors (Lipinski definition) is 2. The monoisotopic (exact) mass is 259 g/mol. The Morgan fingerprint density at radius 3 is 2.95 bits per heavy atom. The largest absolute Gasteiger partial charge is 0.361 e. The van der Waals surface area contributed by atoms with Gasteiger partial charge in [-0.2, -0.15) is 0 Å². The molecule has 1 amide bonds. The first-order chi connectivity index (χ1) is 9.20. The van der Waals surface area contributed by atoms with Crippen LogP contribution in [-0.4, -0.2) is 17.6 Å². The Balaban J connectivity index is 2.07. The summed E-state index contributed by atoms with van der Waals surface area (Å²) < 4.78 is 4.88. The number of nitrogens with zero attached hydrogens (tertiary/aromatic N) is 1. The average molecular weight is 259 g/mol.